The number of halogens is 2. The van der Waals surface area contributed by atoms with Gasteiger partial charge < -0.3 is 9.84 Å². The maximum absolute atomic E-state index is 13.0. The van der Waals surface area contributed by atoms with Crippen molar-refractivity contribution in [2.45, 2.75) is 13.5 Å². The Morgan fingerprint density at radius 2 is 2.05 bits per heavy atom. The van der Waals surface area contributed by atoms with E-state index in [-0.39, 0.29) is 17.2 Å². The smallest absolute Gasteiger partial charge is 0.335 e. The highest BCUT2D eigenvalue weighted by molar-refractivity contribution is 6.30. The molecule has 0 bridgehead atoms. The fourth-order valence-electron chi connectivity index (χ4n) is 1.76. The fourth-order valence-corrected chi connectivity index (χ4v) is 1.97. The van der Waals surface area contributed by atoms with Crippen molar-refractivity contribution in [1.29, 1.82) is 0 Å². The van der Waals surface area contributed by atoms with E-state index in [1.165, 1.54) is 18.2 Å². The van der Waals surface area contributed by atoms with Crippen LogP contribution in [0.25, 0.3) is 0 Å². The van der Waals surface area contributed by atoms with Crippen LogP contribution in [0.15, 0.2) is 36.4 Å². The number of hydrogen-bond acceptors (Lipinski definition) is 2. The second-order valence-electron chi connectivity index (χ2n) is 4.32. The molecule has 3 nitrogen and oxygen atoms in total. The van der Waals surface area contributed by atoms with E-state index in [1.807, 2.05) is 0 Å². The second-order valence-corrected chi connectivity index (χ2v) is 4.73. The Labute approximate surface area is 120 Å². The Bertz CT molecular complexity index is 656. The summed E-state index contributed by atoms with van der Waals surface area (Å²) in [4.78, 5) is 10.9. The molecule has 104 valence electrons. The van der Waals surface area contributed by atoms with Gasteiger partial charge in [-0.25, -0.2) is 9.18 Å². The first-order valence-corrected chi connectivity index (χ1v) is 6.26. The number of ether oxygens (including phenoxy) is 1. The number of aromatic carboxylic acids is 1. The second kappa shape index (κ2) is 5.92. The van der Waals surface area contributed by atoms with Gasteiger partial charge in [-0.2, -0.15) is 0 Å². The van der Waals surface area contributed by atoms with E-state index >= 15 is 0 Å². The highest BCUT2D eigenvalue weighted by atomic mass is 35.5. The minimum absolute atomic E-state index is 0.0449. The van der Waals surface area contributed by atoms with Crippen molar-refractivity contribution in [2.75, 3.05) is 0 Å². The number of hydrogen-bond donors (Lipinski definition) is 1. The number of carboxylic acids is 1. The van der Waals surface area contributed by atoms with Crippen LogP contribution in [0.4, 0.5) is 4.39 Å². The zero-order valence-corrected chi connectivity index (χ0v) is 11.4. The summed E-state index contributed by atoms with van der Waals surface area (Å²) in [6.07, 6.45) is 0. The monoisotopic (exact) mass is 294 g/mol. The van der Waals surface area contributed by atoms with Gasteiger partial charge in [0.05, 0.1) is 10.6 Å². The molecule has 0 aliphatic heterocycles. The van der Waals surface area contributed by atoms with E-state index < -0.39 is 11.8 Å². The predicted octanol–water partition coefficient (Wildman–Crippen LogP) is 4.06. The number of rotatable bonds is 4. The van der Waals surface area contributed by atoms with Gasteiger partial charge >= 0.3 is 5.97 Å². The molecule has 20 heavy (non-hydrogen) atoms. The van der Waals surface area contributed by atoms with E-state index in [2.05, 4.69) is 0 Å². The lowest BCUT2D eigenvalue weighted by Crippen LogP contribution is -2.01. The van der Waals surface area contributed by atoms with Crippen molar-refractivity contribution >= 4 is 17.6 Å². The lowest BCUT2D eigenvalue weighted by molar-refractivity contribution is 0.0696. The molecule has 0 fully saturated rings. The molecule has 0 aliphatic carbocycles. The summed E-state index contributed by atoms with van der Waals surface area (Å²) in [5.74, 6) is -0.899. The van der Waals surface area contributed by atoms with Crippen molar-refractivity contribution in [3.8, 4) is 5.75 Å². The topological polar surface area (TPSA) is 46.5 Å². The first-order chi connectivity index (χ1) is 9.47. The fraction of sp³-hybridized carbons (Fsp3) is 0.133. The van der Waals surface area contributed by atoms with Gasteiger partial charge in [0.25, 0.3) is 0 Å². The van der Waals surface area contributed by atoms with Gasteiger partial charge in [-0.1, -0.05) is 17.7 Å². The Balaban J connectivity index is 2.09. The Morgan fingerprint density at radius 3 is 2.65 bits per heavy atom. The van der Waals surface area contributed by atoms with Crippen LogP contribution in [-0.2, 0) is 6.61 Å². The van der Waals surface area contributed by atoms with E-state index in [4.69, 9.17) is 21.4 Å². The summed E-state index contributed by atoms with van der Waals surface area (Å²) >= 11 is 5.68. The Morgan fingerprint density at radius 1 is 1.30 bits per heavy atom. The molecular weight excluding hydrogens is 283 g/mol. The minimum atomic E-state index is -0.973. The lowest BCUT2D eigenvalue weighted by atomic mass is 10.1. The molecule has 0 amide bonds. The first kappa shape index (κ1) is 14.3. The molecule has 5 heteroatoms. The van der Waals surface area contributed by atoms with E-state index in [0.717, 1.165) is 5.56 Å². The van der Waals surface area contributed by atoms with Crippen molar-refractivity contribution in [1.82, 2.24) is 0 Å². The maximum Gasteiger partial charge on any atom is 0.335 e. The average Bonchev–Trinajstić information content (AvgIpc) is 2.40. The molecule has 0 radical (unpaired) electrons. The molecule has 0 atom stereocenters. The third-order valence-electron chi connectivity index (χ3n) is 2.82. The van der Waals surface area contributed by atoms with Gasteiger partial charge in [0.2, 0.25) is 0 Å². The first-order valence-electron chi connectivity index (χ1n) is 5.88. The summed E-state index contributed by atoms with van der Waals surface area (Å²) < 4.78 is 18.5. The van der Waals surface area contributed by atoms with Gasteiger partial charge in [0.15, 0.2) is 0 Å². The van der Waals surface area contributed by atoms with Gasteiger partial charge in [0, 0.05) is 0 Å². The molecule has 0 aromatic heterocycles. The van der Waals surface area contributed by atoms with Crippen molar-refractivity contribution in [3.05, 3.63) is 63.9 Å². The molecule has 0 spiro atoms. The Kier molecular flexibility index (Phi) is 4.25. The third-order valence-corrected chi connectivity index (χ3v) is 3.11. The van der Waals surface area contributed by atoms with E-state index in [0.29, 0.717) is 11.3 Å². The van der Waals surface area contributed by atoms with Crippen LogP contribution in [0.1, 0.15) is 21.5 Å². The summed E-state index contributed by atoms with van der Waals surface area (Å²) in [6, 6.07) is 9.08. The zero-order chi connectivity index (χ0) is 14.7. The van der Waals surface area contributed by atoms with Crippen LogP contribution in [0.2, 0.25) is 5.02 Å². The standard InChI is InChI=1S/C15H12ClFO3/c1-9-6-11(3-4-12(9)15(18)19)20-8-10-2-5-14(17)13(16)7-10/h2-7H,8H2,1H3,(H,18,19). The molecule has 0 saturated heterocycles. The van der Waals surface area contributed by atoms with Crippen LogP contribution < -0.4 is 4.74 Å². The molecule has 0 saturated carbocycles. The van der Waals surface area contributed by atoms with E-state index in [1.54, 1.807) is 25.1 Å². The summed E-state index contributed by atoms with van der Waals surface area (Å²) in [5.41, 5.74) is 1.59. The molecule has 2 aromatic carbocycles. The summed E-state index contributed by atoms with van der Waals surface area (Å²) in [5, 5.41) is 8.97. The largest absolute Gasteiger partial charge is 0.489 e. The highest BCUT2D eigenvalue weighted by Gasteiger charge is 2.08. The zero-order valence-electron chi connectivity index (χ0n) is 10.7. The summed E-state index contributed by atoms with van der Waals surface area (Å²) in [6.45, 7) is 1.93. The average molecular weight is 295 g/mol. The number of carboxylic acid groups (broad SMARTS) is 1. The van der Waals surface area contributed by atoms with Gasteiger partial charge in [-0.05, 0) is 48.4 Å². The number of carbonyl (C=O) groups is 1. The van der Waals surface area contributed by atoms with Gasteiger partial charge in [-0.15, -0.1) is 0 Å². The molecule has 2 aromatic rings. The number of benzene rings is 2. The lowest BCUT2D eigenvalue weighted by Gasteiger charge is -2.09. The van der Waals surface area contributed by atoms with Crippen LogP contribution >= 0.6 is 11.6 Å². The van der Waals surface area contributed by atoms with Crippen LogP contribution in [0, 0.1) is 12.7 Å². The molecule has 2 rings (SSSR count). The number of aryl methyl sites for hydroxylation is 1. The third kappa shape index (κ3) is 3.27. The van der Waals surface area contributed by atoms with Gasteiger partial charge in [0.1, 0.15) is 18.2 Å². The summed E-state index contributed by atoms with van der Waals surface area (Å²) in [7, 11) is 0. The van der Waals surface area contributed by atoms with E-state index in [9.17, 15) is 9.18 Å². The van der Waals surface area contributed by atoms with Crippen molar-refractivity contribution in [2.24, 2.45) is 0 Å². The molecule has 0 unspecified atom stereocenters. The molecule has 1 N–H and O–H groups in total. The van der Waals surface area contributed by atoms with Crippen molar-refractivity contribution in [3.63, 3.8) is 0 Å². The van der Waals surface area contributed by atoms with Crippen LogP contribution in [0.5, 0.6) is 5.75 Å². The minimum Gasteiger partial charge on any atom is -0.489 e. The molecular formula is C15H12ClFO3. The normalized spacial score (nSPS) is 10.3. The van der Waals surface area contributed by atoms with Crippen LogP contribution in [-0.4, -0.2) is 11.1 Å². The maximum atomic E-state index is 13.0. The van der Waals surface area contributed by atoms with Gasteiger partial charge in [-0.3, -0.25) is 0 Å². The van der Waals surface area contributed by atoms with Crippen LogP contribution in [0.3, 0.4) is 0 Å². The highest BCUT2D eigenvalue weighted by Crippen LogP contribution is 2.20. The molecule has 0 heterocycles. The predicted molar refractivity (Wildman–Crippen MR) is 73.9 cm³/mol. The SMILES string of the molecule is Cc1cc(OCc2ccc(F)c(Cl)c2)ccc1C(=O)O. The van der Waals surface area contributed by atoms with Crippen molar-refractivity contribution < 1.29 is 19.0 Å². The quantitative estimate of drug-likeness (QED) is 0.925. The Hall–Kier alpha value is -2.07. The molecule has 0 aliphatic rings.